The average molecular weight is 365 g/mol. The molecular formula is C16H19N3O5S. The topological polar surface area (TPSA) is 133 Å². The summed E-state index contributed by atoms with van der Waals surface area (Å²) in [6.07, 6.45) is 0. The lowest BCUT2D eigenvalue weighted by atomic mass is 9.95. The highest BCUT2D eigenvalue weighted by molar-refractivity contribution is 8.01. The Hall–Kier alpha value is -2.26. The van der Waals surface area contributed by atoms with Crippen LogP contribution >= 0.6 is 11.8 Å². The summed E-state index contributed by atoms with van der Waals surface area (Å²) in [5.74, 6) is -2.05. The van der Waals surface area contributed by atoms with Crippen LogP contribution in [0, 0.1) is 0 Å². The molecule has 2 saturated heterocycles. The van der Waals surface area contributed by atoms with Crippen molar-refractivity contribution in [1.29, 1.82) is 0 Å². The first kappa shape index (κ1) is 17.6. The molecule has 5 N–H and O–H groups in total. The molecule has 0 aliphatic carbocycles. The van der Waals surface area contributed by atoms with E-state index in [0.717, 1.165) is 0 Å². The van der Waals surface area contributed by atoms with Gasteiger partial charge in [-0.1, -0.05) is 12.1 Å². The van der Waals surface area contributed by atoms with Gasteiger partial charge >= 0.3 is 5.97 Å². The molecule has 0 saturated carbocycles. The van der Waals surface area contributed by atoms with E-state index >= 15 is 0 Å². The van der Waals surface area contributed by atoms with E-state index in [1.54, 1.807) is 26.0 Å². The van der Waals surface area contributed by atoms with Gasteiger partial charge < -0.3 is 26.2 Å². The first-order valence-corrected chi connectivity index (χ1v) is 8.59. The van der Waals surface area contributed by atoms with Crippen LogP contribution in [0.1, 0.15) is 25.5 Å². The maximum atomic E-state index is 12.4. The van der Waals surface area contributed by atoms with Crippen LogP contribution < -0.4 is 11.1 Å². The predicted octanol–water partition coefficient (Wildman–Crippen LogP) is 0.0237. The van der Waals surface area contributed by atoms with Gasteiger partial charge in [0.25, 0.3) is 0 Å². The summed E-state index contributed by atoms with van der Waals surface area (Å²) in [7, 11) is 0. The number of nitrogens with two attached hydrogens (primary N) is 1. The number of phenolic OH excluding ortho intramolecular Hbond substituents is 1. The van der Waals surface area contributed by atoms with E-state index in [1.165, 1.54) is 28.8 Å². The van der Waals surface area contributed by atoms with E-state index in [2.05, 4.69) is 5.32 Å². The fourth-order valence-electron chi connectivity index (χ4n) is 3.26. The van der Waals surface area contributed by atoms with Gasteiger partial charge in [0.2, 0.25) is 11.8 Å². The lowest BCUT2D eigenvalue weighted by Crippen LogP contribution is -2.71. The Bertz CT molecular complexity index is 753. The molecule has 0 aromatic heterocycles. The van der Waals surface area contributed by atoms with Crippen LogP contribution in [0.2, 0.25) is 0 Å². The molecule has 9 heteroatoms. The van der Waals surface area contributed by atoms with Gasteiger partial charge in [0.05, 0.1) is 0 Å². The third-order valence-electron chi connectivity index (χ3n) is 4.48. The molecule has 2 amide bonds. The van der Waals surface area contributed by atoms with E-state index in [-0.39, 0.29) is 5.75 Å². The van der Waals surface area contributed by atoms with Crippen LogP contribution in [0.4, 0.5) is 0 Å². The van der Waals surface area contributed by atoms with Crippen molar-refractivity contribution in [2.75, 3.05) is 0 Å². The van der Waals surface area contributed by atoms with Crippen molar-refractivity contribution >= 4 is 29.5 Å². The van der Waals surface area contributed by atoms with Gasteiger partial charge in [-0.2, -0.15) is 0 Å². The Kier molecular flexibility index (Phi) is 4.16. The number of carboxylic acids is 1. The van der Waals surface area contributed by atoms with E-state index in [4.69, 9.17) is 5.73 Å². The summed E-state index contributed by atoms with van der Waals surface area (Å²) in [6, 6.07) is 3.25. The average Bonchev–Trinajstić information content (AvgIpc) is 2.80. The van der Waals surface area contributed by atoms with E-state index in [1.807, 2.05) is 0 Å². The molecule has 25 heavy (non-hydrogen) atoms. The molecule has 8 nitrogen and oxygen atoms in total. The number of aromatic hydroxyl groups is 1. The predicted molar refractivity (Wildman–Crippen MR) is 90.7 cm³/mol. The first-order valence-electron chi connectivity index (χ1n) is 7.71. The van der Waals surface area contributed by atoms with Crippen molar-refractivity contribution in [3.8, 4) is 5.75 Å². The van der Waals surface area contributed by atoms with Crippen molar-refractivity contribution in [2.45, 2.75) is 42.1 Å². The summed E-state index contributed by atoms with van der Waals surface area (Å²) in [5, 5.41) is 21.0. The summed E-state index contributed by atoms with van der Waals surface area (Å²) >= 11 is 1.35. The molecule has 4 unspecified atom stereocenters. The maximum Gasteiger partial charge on any atom is 0.327 e. The number of amides is 2. The number of aliphatic carboxylic acids is 1. The zero-order valence-electron chi connectivity index (χ0n) is 13.7. The Balaban J connectivity index is 1.72. The summed E-state index contributed by atoms with van der Waals surface area (Å²) in [5.41, 5.74) is 6.32. The van der Waals surface area contributed by atoms with Crippen molar-refractivity contribution in [3.63, 3.8) is 0 Å². The van der Waals surface area contributed by atoms with Crippen LogP contribution in [0.5, 0.6) is 5.75 Å². The summed E-state index contributed by atoms with van der Waals surface area (Å²) in [4.78, 5) is 37.5. The number of carbonyl (C=O) groups excluding carboxylic acids is 2. The van der Waals surface area contributed by atoms with Crippen LogP contribution in [0.3, 0.4) is 0 Å². The van der Waals surface area contributed by atoms with Gasteiger partial charge in [-0.05, 0) is 31.5 Å². The fourth-order valence-corrected chi connectivity index (χ4v) is 4.88. The Morgan fingerprint density at radius 3 is 2.68 bits per heavy atom. The number of β-lactam (4-membered cyclic amide) rings is 1. The van der Waals surface area contributed by atoms with E-state index in [9.17, 15) is 24.6 Å². The monoisotopic (exact) mass is 365 g/mol. The zero-order chi connectivity index (χ0) is 18.5. The molecule has 0 radical (unpaired) electrons. The number of thioether (sulfide) groups is 1. The van der Waals surface area contributed by atoms with Gasteiger partial charge in [0, 0.05) is 4.75 Å². The first-order chi connectivity index (χ1) is 11.6. The zero-order valence-corrected chi connectivity index (χ0v) is 14.5. The third kappa shape index (κ3) is 2.83. The minimum atomic E-state index is -1.06. The van der Waals surface area contributed by atoms with Crippen molar-refractivity contribution in [1.82, 2.24) is 10.2 Å². The largest absolute Gasteiger partial charge is 0.508 e. The number of hydrogen-bond donors (Lipinski definition) is 4. The number of benzene rings is 1. The normalized spacial score (nSPS) is 28.0. The van der Waals surface area contributed by atoms with Crippen LogP contribution in [0.25, 0.3) is 0 Å². The quantitative estimate of drug-likeness (QED) is 0.553. The minimum absolute atomic E-state index is 0.0101. The number of carbonyl (C=O) groups is 3. The van der Waals surface area contributed by atoms with Gasteiger partial charge in [0.1, 0.15) is 29.2 Å². The second kappa shape index (κ2) is 5.92. The second-order valence-electron chi connectivity index (χ2n) is 6.66. The van der Waals surface area contributed by atoms with Crippen molar-refractivity contribution in [2.24, 2.45) is 5.73 Å². The fraction of sp³-hybridized carbons (Fsp3) is 0.438. The molecule has 3 rings (SSSR count). The highest BCUT2D eigenvalue weighted by atomic mass is 32.2. The molecule has 134 valence electrons. The Morgan fingerprint density at radius 2 is 2.08 bits per heavy atom. The molecule has 0 bridgehead atoms. The molecule has 2 aliphatic heterocycles. The van der Waals surface area contributed by atoms with E-state index in [0.29, 0.717) is 5.56 Å². The molecule has 2 heterocycles. The molecule has 1 aromatic carbocycles. The number of nitrogens with zero attached hydrogens (tertiary/aromatic N) is 1. The Morgan fingerprint density at radius 1 is 1.40 bits per heavy atom. The SMILES string of the molecule is CC1(C)SC2C(NC(=O)C(N)c3cccc(O)c3)C(=O)N2C1C(=O)O. The van der Waals surface area contributed by atoms with E-state index < -0.39 is 46.0 Å². The standard InChI is InChI=1S/C16H19N3O5S/c1-16(2)11(15(23)24)19-13(22)10(14(19)25-16)18-12(21)9(17)7-4-3-5-8(20)6-7/h3-6,9-11,14,20H,17H2,1-2H3,(H,18,21)(H,23,24). The molecule has 0 spiro atoms. The number of fused-ring (bicyclic) bond motifs is 1. The van der Waals surface area contributed by atoms with Crippen LogP contribution in [-0.2, 0) is 14.4 Å². The number of nitrogens with one attached hydrogen (secondary N) is 1. The highest BCUT2D eigenvalue weighted by Crippen LogP contribution is 2.50. The van der Waals surface area contributed by atoms with Crippen LogP contribution in [0.15, 0.2) is 24.3 Å². The number of hydrogen-bond acceptors (Lipinski definition) is 6. The number of rotatable bonds is 4. The molecule has 2 aliphatic rings. The highest BCUT2D eigenvalue weighted by Gasteiger charge is 2.64. The molecule has 2 fully saturated rings. The van der Waals surface area contributed by atoms with Gasteiger partial charge in [0.15, 0.2) is 0 Å². The molecule has 1 aromatic rings. The van der Waals surface area contributed by atoms with Gasteiger partial charge in [-0.3, -0.25) is 9.59 Å². The Labute approximate surface area is 148 Å². The summed E-state index contributed by atoms with van der Waals surface area (Å²) in [6.45, 7) is 3.53. The van der Waals surface area contributed by atoms with Gasteiger partial charge in [-0.15, -0.1) is 11.8 Å². The van der Waals surface area contributed by atoms with Gasteiger partial charge in [-0.25, -0.2) is 4.79 Å². The number of phenols is 1. The minimum Gasteiger partial charge on any atom is -0.508 e. The molecule has 4 atom stereocenters. The lowest BCUT2D eigenvalue weighted by molar-refractivity contribution is -0.161. The maximum absolute atomic E-state index is 12.4. The number of carboxylic acid groups (broad SMARTS) is 1. The van der Waals surface area contributed by atoms with Crippen molar-refractivity contribution < 1.29 is 24.6 Å². The lowest BCUT2D eigenvalue weighted by Gasteiger charge is -2.43. The summed E-state index contributed by atoms with van der Waals surface area (Å²) < 4.78 is -0.654. The molecular weight excluding hydrogens is 346 g/mol. The van der Waals surface area contributed by atoms with Crippen molar-refractivity contribution in [3.05, 3.63) is 29.8 Å². The smallest absolute Gasteiger partial charge is 0.327 e. The second-order valence-corrected chi connectivity index (χ2v) is 8.43. The third-order valence-corrected chi connectivity index (χ3v) is 6.06. The van der Waals surface area contributed by atoms with Crippen LogP contribution in [-0.4, -0.2) is 55.1 Å².